The topological polar surface area (TPSA) is 78.8 Å². The number of piperidine rings is 2. The van der Waals surface area contributed by atoms with Gasteiger partial charge in [0, 0.05) is 38.3 Å². The summed E-state index contributed by atoms with van der Waals surface area (Å²) in [6.07, 6.45) is 10.3. The number of rotatable bonds is 5. The van der Waals surface area contributed by atoms with E-state index in [0.717, 1.165) is 26.3 Å². The van der Waals surface area contributed by atoms with Crippen LogP contribution in [0.2, 0.25) is 0 Å². The minimum absolute atomic E-state index is 0.165. The second-order valence-electron chi connectivity index (χ2n) is 9.83. The van der Waals surface area contributed by atoms with Gasteiger partial charge < -0.3 is 20.3 Å². The number of nitrogens with one attached hydrogen (secondary N) is 4. The van der Waals surface area contributed by atoms with Crippen LogP contribution in [0.1, 0.15) is 44.9 Å². The summed E-state index contributed by atoms with van der Waals surface area (Å²) in [5, 5.41) is 10.1. The molecule has 7 atom stereocenters. The van der Waals surface area contributed by atoms with E-state index in [-0.39, 0.29) is 6.23 Å². The normalized spacial score (nSPS) is 44.9. The zero-order valence-corrected chi connectivity index (χ0v) is 17.9. The molecule has 0 aromatic carbocycles. The van der Waals surface area contributed by atoms with Gasteiger partial charge in [-0.15, -0.1) is 0 Å². The van der Waals surface area contributed by atoms with Crippen molar-refractivity contribution in [3.63, 3.8) is 0 Å². The van der Waals surface area contributed by atoms with Crippen molar-refractivity contribution < 1.29 is 19.8 Å². The Morgan fingerprint density at radius 1 is 1.03 bits per heavy atom. The minimum atomic E-state index is 0.165. The maximum atomic E-state index is 6.12. The number of morpholine rings is 1. The van der Waals surface area contributed by atoms with Crippen LogP contribution in [0.15, 0.2) is 0 Å². The lowest BCUT2D eigenvalue weighted by molar-refractivity contribution is -0.917. The predicted octanol–water partition coefficient (Wildman–Crippen LogP) is -2.42. The lowest BCUT2D eigenvalue weighted by Gasteiger charge is -2.37. The molecule has 8 nitrogen and oxygen atoms in total. The van der Waals surface area contributed by atoms with E-state index in [9.17, 15) is 0 Å². The number of hydrogen-bond acceptors (Lipinski definition) is 6. The monoisotopic (exact) mass is 410 g/mol. The van der Waals surface area contributed by atoms with Gasteiger partial charge in [0.2, 0.25) is 0 Å². The Balaban J connectivity index is 1.09. The Labute approximate surface area is 175 Å². The lowest BCUT2D eigenvalue weighted by atomic mass is 9.94. The molecular weight excluding hydrogens is 368 g/mol. The van der Waals surface area contributed by atoms with Crippen LogP contribution >= 0.6 is 0 Å². The molecule has 0 spiro atoms. The maximum absolute atomic E-state index is 6.12. The van der Waals surface area contributed by atoms with Crippen molar-refractivity contribution >= 4 is 0 Å². The van der Waals surface area contributed by atoms with Crippen LogP contribution < -0.4 is 26.3 Å². The van der Waals surface area contributed by atoms with Gasteiger partial charge in [0.25, 0.3) is 0 Å². The van der Waals surface area contributed by atoms with Crippen molar-refractivity contribution in [3.05, 3.63) is 0 Å². The fraction of sp³-hybridized carbons (Fsp3) is 1.00. The molecule has 0 saturated carbocycles. The molecule has 5 aliphatic heterocycles. The summed E-state index contributed by atoms with van der Waals surface area (Å²) in [5.74, 6) is 0.641. The quantitative estimate of drug-likeness (QED) is 0.347. The lowest BCUT2D eigenvalue weighted by Crippen LogP contribution is -3.16. The summed E-state index contributed by atoms with van der Waals surface area (Å²) >= 11 is 0. The molecule has 29 heavy (non-hydrogen) atoms. The van der Waals surface area contributed by atoms with Gasteiger partial charge in [-0.05, 0) is 25.8 Å². The molecule has 0 aliphatic carbocycles. The number of hydroxylamine groups is 1. The van der Waals surface area contributed by atoms with Gasteiger partial charge >= 0.3 is 0 Å². The smallest absolute Gasteiger partial charge is 0.183 e. The van der Waals surface area contributed by atoms with Crippen molar-refractivity contribution in [2.45, 2.75) is 75.6 Å². The van der Waals surface area contributed by atoms with Gasteiger partial charge in [0.1, 0.15) is 12.2 Å². The molecule has 5 aliphatic rings. The number of ether oxygens (including phenoxy) is 1. The number of quaternary nitrogens is 2. The third kappa shape index (κ3) is 4.96. The van der Waals surface area contributed by atoms with Gasteiger partial charge in [-0.3, -0.25) is 10.2 Å². The van der Waals surface area contributed by atoms with Crippen LogP contribution in [-0.4, -0.2) is 88.0 Å². The molecule has 8 heteroatoms. The molecule has 0 radical (unpaired) electrons. The predicted molar refractivity (Wildman–Crippen MR) is 110 cm³/mol. The SMILES string of the molecule is C1CCC(C[NH+]2CCC[C@H]2C2NC(C3CCC(N4CCOCC4)[NH2+]C3)NO2)NC1. The second-order valence-corrected chi connectivity index (χ2v) is 9.83. The average molecular weight is 411 g/mol. The largest absolute Gasteiger partial charge is 0.379 e. The van der Waals surface area contributed by atoms with E-state index in [0.29, 0.717) is 30.3 Å². The first-order valence-electron chi connectivity index (χ1n) is 12.3. The van der Waals surface area contributed by atoms with E-state index < -0.39 is 0 Å². The van der Waals surface area contributed by atoms with Gasteiger partial charge in [-0.2, -0.15) is 5.48 Å². The second kappa shape index (κ2) is 9.87. The maximum Gasteiger partial charge on any atom is 0.183 e. The summed E-state index contributed by atoms with van der Waals surface area (Å²) in [7, 11) is 0. The number of hydrogen-bond donors (Lipinski definition) is 5. The zero-order chi connectivity index (χ0) is 19.5. The van der Waals surface area contributed by atoms with E-state index in [4.69, 9.17) is 9.57 Å². The molecule has 5 rings (SSSR count). The van der Waals surface area contributed by atoms with Gasteiger partial charge in [0.15, 0.2) is 6.23 Å². The van der Waals surface area contributed by atoms with Crippen molar-refractivity contribution in [2.75, 3.05) is 52.5 Å². The molecular formula is C21H42N6O2+2. The molecule has 0 aromatic rings. The summed E-state index contributed by atoms with van der Waals surface area (Å²) in [4.78, 5) is 10.5. The van der Waals surface area contributed by atoms with Crippen LogP contribution in [0.4, 0.5) is 0 Å². The number of nitrogens with two attached hydrogens (primary N) is 1. The first-order valence-corrected chi connectivity index (χ1v) is 12.3. The number of likely N-dealkylation sites (tertiary alicyclic amines) is 1. The molecule has 5 saturated heterocycles. The van der Waals surface area contributed by atoms with E-state index >= 15 is 0 Å². The number of nitrogens with zero attached hydrogens (tertiary/aromatic N) is 1. The Hall–Kier alpha value is -0.320. The molecule has 5 heterocycles. The van der Waals surface area contributed by atoms with Gasteiger partial charge in [-0.1, -0.05) is 6.42 Å². The van der Waals surface area contributed by atoms with Crippen molar-refractivity contribution in [1.29, 1.82) is 0 Å². The fourth-order valence-corrected chi connectivity index (χ4v) is 6.29. The third-order valence-corrected chi connectivity index (χ3v) is 8.02. The van der Waals surface area contributed by atoms with E-state index in [2.05, 4.69) is 26.3 Å². The summed E-state index contributed by atoms with van der Waals surface area (Å²) in [6, 6.07) is 1.29. The van der Waals surface area contributed by atoms with Crippen LogP contribution in [0, 0.1) is 5.92 Å². The highest BCUT2D eigenvalue weighted by Crippen LogP contribution is 2.20. The van der Waals surface area contributed by atoms with Crippen LogP contribution in [0.25, 0.3) is 0 Å². The highest BCUT2D eigenvalue weighted by atomic mass is 16.7. The summed E-state index contributed by atoms with van der Waals surface area (Å²) in [6.45, 7) is 8.91. The fourth-order valence-electron chi connectivity index (χ4n) is 6.29. The Morgan fingerprint density at radius 3 is 2.76 bits per heavy atom. The van der Waals surface area contributed by atoms with Gasteiger partial charge in [0.05, 0.1) is 45.1 Å². The highest BCUT2D eigenvalue weighted by molar-refractivity contribution is 4.84. The first-order chi connectivity index (χ1) is 14.4. The molecule has 5 fully saturated rings. The van der Waals surface area contributed by atoms with Gasteiger partial charge in [-0.25, -0.2) is 4.90 Å². The molecule has 0 bridgehead atoms. The third-order valence-electron chi connectivity index (χ3n) is 8.02. The van der Waals surface area contributed by atoms with Crippen molar-refractivity contribution in [3.8, 4) is 0 Å². The Bertz CT molecular complexity index is 505. The van der Waals surface area contributed by atoms with E-state index in [1.165, 1.54) is 71.1 Å². The molecule has 0 aromatic heterocycles. The summed E-state index contributed by atoms with van der Waals surface area (Å²) < 4.78 is 5.51. The first kappa shape index (κ1) is 20.6. The van der Waals surface area contributed by atoms with E-state index in [1.807, 2.05) is 0 Å². The van der Waals surface area contributed by atoms with Crippen molar-refractivity contribution in [2.24, 2.45) is 5.92 Å². The molecule has 166 valence electrons. The highest BCUT2D eigenvalue weighted by Gasteiger charge is 2.44. The molecule has 6 N–H and O–H groups in total. The Kier molecular flexibility index (Phi) is 7.00. The van der Waals surface area contributed by atoms with Crippen LogP contribution in [0.5, 0.6) is 0 Å². The minimum Gasteiger partial charge on any atom is -0.379 e. The average Bonchev–Trinajstić information content (AvgIpc) is 3.45. The van der Waals surface area contributed by atoms with E-state index in [1.54, 1.807) is 4.90 Å². The summed E-state index contributed by atoms with van der Waals surface area (Å²) in [5.41, 5.74) is 3.38. The zero-order valence-electron chi connectivity index (χ0n) is 17.9. The Morgan fingerprint density at radius 2 is 1.97 bits per heavy atom. The standard InChI is InChI=1S/C21H40N6O2/c1-2-8-22-17(4-1)15-27-9-3-5-18(27)21-24-20(25-29-21)16-6-7-19(23-14-16)26-10-12-28-13-11-26/h16-25H,1-15H2/p+2/t16?,17?,18-,19?,20?,21?/m0/s1. The molecule has 0 amide bonds. The van der Waals surface area contributed by atoms with Crippen molar-refractivity contribution in [1.82, 2.24) is 21.0 Å². The van der Waals surface area contributed by atoms with Crippen LogP contribution in [-0.2, 0) is 9.57 Å². The molecule has 6 unspecified atom stereocenters. The van der Waals surface area contributed by atoms with Crippen LogP contribution in [0.3, 0.4) is 0 Å².